The summed E-state index contributed by atoms with van der Waals surface area (Å²) < 4.78 is 2.13. The van der Waals surface area contributed by atoms with Crippen molar-refractivity contribution in [2.45, 2.75) is 12.8 Å². The Morgan fingerprint density at radius 2 is 1.79 bits per heavy atom. The van der Waals surface area contributed by atoms with E-state index in [1.165, 1.54) is 18.5 Å². The predicted octanol–water partition coefficient (Wildman–Crippen LogP) is 4.11. The molecule has 4 heteroatoms. The van der Waals surface area contributed by atoms with Gasteiger partial charge < -0.3 is 4.90 Å². The molecule has 0 aliphatic carbocycles. The summed E-state index contributed by atoms with van der Waals surface area (Å²) in [6.07, 6.45) is 2.52. The first-order valence-corrected chi connectivity index (χ1v) is 8.34. The fraction of sp³-hybridized carbons (Fsp3) is 0.200. The van der Waals surface area contributed by atoms with E-state index in [0.717, 1.165) is 40.7 Å². The van der Waals surface area contributed by atoms with Gasteiger partial charge in [-0.3, -0.25) is 4.40 Å². The second-order valence-corrected chi connectivity index (χ2v) is 6.37. The third kappa shape index (κ3) is 1.82. The van der Waals surface area contributed by atoms with Crippen LogP contribution in [-0.4, -0.2) is 22.5 Å². The van der Waals surface area contributed by atoms with Crippen LogP contribution in [0, 0.1) is 11.3 Å². The first-order chi connectivity index (χ1) is 11.8. The number of imidazole rings is 1. The van der Waals surface area contributed by atoms with Gasteiger partial charge in [0.25, 0.3) is 0 Å². The fourth-order valence-corrected chi connectivity index (χ4v) is 3.77. The maximum Gasteiger partial charge on any atom is 0.156 e. The number of hydrogen-bond acceptors (Lipinski definition) is 3. The third-order valence-corrected chi connectivity index (χ3v) is 4.95. The maximum absolute atomic E-state index is 9.54. The minimum absolute atomic E-state index is 0.618. The van der Waals surface area contributed by atoms with Gasteiger partial charge in [0, 0.05) is 24.2 Å². The number of para-hydroxylation sites is 2. The summed E-state index contributed by atoms with van der Waals surface area (Å²) in [5.41, 5.74) is 5.70. The average Bonchev–Trinajstić information content (AvgIpc) is 3.28. The van der Waals surface area contributed by atoms with Gasteiger partial charge in [-0.25, -0.2) is 4.98 Å². The van der Waals surface area contributed by atoms with Gasteiger partial charge in [0.05, 0.1) is 22.1 Å². The zero-order chi connectivity index (χ0) is 16.1. The first-order valence-electron chi connectivity index (χ1n) is 8.34. The summed E-state index contributed by atoms with van der Waals surface area (Å²) in [5.74, 6) is 0. The van der Waals surface area contributed by atoms with Crippen molar-refractivity contribution in [3.8, 4) is 6.07 Å². The van der Waals surface area contributed by atoms with E-state index in [-0.39, 0.29) is 0 Å². The van der Waals surface area contributed by atoms with Gasteiger partial charge >= 0.3 is 0 Å². The second kappa shape index (κ2) is 4.97. The molecule has 24 heavy (non-hydrogen) atoms. The summed E-state index contributed by atoms with van der Waals surface area (Å²) >= 11 is 0. The number of fused-ring (bicyclic) bond motifs is 5. The molecule has 1 saturated heterocycles. The molecule has 3 heterocycles. The Hall–Kier alpha value is -3.06. The highest BCUT2D eigenvalue weighted by atomic mass is 15.1. The van der Waals surface area contributed by atoms with Crippen molar-refractivity contribution in [1.82, 2.24) is 9.38 Å². The van der Waals surface area contributed by atoms with Gasteiger partial charge in [-0.2, -0.15) is 5.26 Å². The van der Waals surface area contributed by atoms with Crippen molar-refractivity contribution in [3.05, 3.63) is 54.1 Å². The summed E-state index contributed by atoms with van der Waals surface area (Å²) in [6, 6.07) is 18.8. The van der Waals surface area contributed by atoms with Crippen LogP contribution in [0.25, 0.3) is 27.6 Å². The largest absolute Gasteiger partial charge is 0.371 e. The Bertz CT molecular complexity index is 1130. The van der Waals surface area contributed by atoms with Crippen molar-refractivity contribution in [2.24, 2.45) is 0 Å². The molecule has 2 aromatic heterocycles. The molecule has 2 aromatic carbocycles. The van der Waals surface area contributed by atoms with Crippen molar-refractivity contribution in [2.75, 3.05) is 18.0 Å². The van der Waals surface area contributed by atoms with E-state index in [9.17, 15) is 5.26 Å². The molecule has 5 rings (SSSR count). The maximum atomic E-state index is 9.54. The minimum Gasteiger partial charge on any atom is -0.371 e. The molecule has 4 nitrogen and oxygen atoms in total. The SMILES string of the molecule is N#Cc1cc2ccc(N3CCCC3)cc2n2c1nc1ccccc12. The summed E-state index contributed by atoms with van der Waals surface area (Å²) in [7, 11) is 0. The van der Waals surface area contributed by atoms with Crippen LogP contribution in [0.2, 0.25) is 0 Å². The molecule has 4 aromatic rings. The van der Waals surface area contributed by atoms with Gasteiger partial charge in [-0.15, -0.1) is 0 Å². The molecular weight excluding hydrogens is 296 g/mol. The van der Waals surface area contributed by atoms with E-state index in [0.29, 0.717) is 5.56 Å². The molecule has 1 aliphatic heterocycles. The van der Waals surface area contributed by atoms with Crippen LogP contribution in [0.5, 0.6) is 0 Å². The van der Waals surface area contributed by atoms with Crippen LogP contribution in [0.15, 0.2) is 48.5 Å². The number of hydrogen-bond donors (Lipinski definition) is 0. The number of benzene rings is 2. The van der Waals surface area contributed by atoms with Crippen molar-refractivity contribution >= 4 is 33.3 Å². The molecule has 0 atom stereocenters. The Labute approximate surface area is 139 Å². The van der Waals surface area contributed by atoms with Crippen LogP contribution < -0.4 is 4.90 Å². The molecule has 0 saturated carbocycles. The Kier molecular flexibility index (Phi) is 2.77. The molecule has 0 spiro atoms. The third-order valence-electron chi connectivity index (χ3n) is 4.95. The highest BCUT2D eigenvalue weighted by Crippen LogP contribution is 2.30. The lowest BCUT2D eigenvalue weighted by Crippen LogP contribution is -2.17. The number of pyridine rings is 1. The minimum atomic E-state index is 0.618. The van der Waals surface area contributed by atoms with Gasteiger partial charge in [0.15, 0.2) is 5.65 Å². The monoisotopic (exact) mass is 312 g/mol. The highest BCUT2D eigenvalue weighted by Gasteiger charge is 2.16. The smallest absolute Gasteiger partial charge is 0.156 e. The summed E-state index contributed by atoms with van der Waals surface area (Å²) in [4.78, 5) is 7.12. The van der Waals surface area contributed by atoms with Crippen molar-refractivity contribution in [3.63, 3.8) is 0 Å². The quantitative estimate of drug-likeness (QED) is 0.531. The normalized spacial score (nSPS) is 14.7. The van der Waals surface area contributed by atoms with Crippen molar-refractivity contribution < 1.29 is 0 Å². The topological polar surface area (TPSA) is 44.3 Å². The zero-order valence-electron chi connectivity index (χ0n) is 13.2. The zero-order valence-corrected chi connectivity index (χ0v) is 13.2. The lowest BCUT2D eigenvalue weighted by Gasteiger charge is -2.18. The highest BCUT2D eigenvalue weighted by molar-refractivity contribution is 5.94. The Morgan fingerprint density at radius 1 is 0.958 bits per heavy atom. The predicted molar refractivity (Wildman–Crippen MR) is 96.4 cm³/mol. The van der Waals surface area contributed by atoms with E-state index in [4.69, 9.17) is 4.98 Å². The van der Waals surface area contributed by atoms with Gasteiger partial charge in [0.1, 0.15) is 6.07 Å². The lowest BCUT2D eigenvalue weighted by molar-refractivity contribution is 0.949. The lowest BCUT2D eigenvalue weighted by atomic mass is 10.1. The van der Waals surface area contributed by atoms with E-state index in [1.54, 1.807) is 0 Å². The number of aromatic nitrogens is 2. The van der Waals surface area contributed by atoms with E-state index >= 15 is 0 Å². The number of anilines is 1. The van der Waals surface area contributed by atoms with Crippen LogP contribution in [-0.2, 0) is 0 Å². The Morgan fingerprint density at radius 3 is 2.62 bits per heavy atom. The van der Waals surface area contributed by atoms with Crippen LogP contribution in [0.3, 0.4) is 0 Å². The van der Waals surface area contributed by atoms with E-state index in [2.05, 4.69) is 39.6 Å². The molecule has 116 valence electrons. The van der Waals surface area contributed by atoms with Crippen molar-refractivity contribution in [1.29, 1.82) is 5.26 Å². The van der Waals surface area contributed by atoms with Crippen LogP contribution in [0.4, 0.5) is 5.69 Å². The molecule has 0 unspecified atom stereocenters. The van der Waals surface area contributed by atoms with Gasteiger partial charge in [0.2, 0.25) is 0 Å². The standard InChI is InChI=1S/C20H16N4/c21-13-15-11-14-7-8-16(23-9-3-4-10-23)12-19(14)24-18-6-2-1-5-17(18)22-20(15)24/h1-2,5-8,11-12H,3-4,9-10H2. The second-order valence-electron chi connectivity index (χ2n) is 6.37. The molecule has 1 fully saturated rings. The van der Waals surface area contributed by atoms with Crippen LogP contribution in [0.1, 0.15) is 18.4 Å². The first kappa shape index (κ1) is 13.4. The molecule has 0 radical (unpaired) electrons. The number of nitriles is 1. The molecule has 1 aliphatic rings. The van der Waals surface area contributed by atoms with Crippen LogP contribution >= 0.6 is 0 Å². The molecular formula is C20H16N4. The molecule has 0 amide bonds. The molecule has 0 N–H and O–H groups in total. The summed E-state index contributed by atoms with van der Waals surface area (Å²) in [6.45, 7) is 2.24. The fourth-order valence-electron chi connectivity index (χ4n) is 3.77. The Balaban J connectivity index is 1.91. The number of nitrogens with zero attached hydrogens (tertiary/aromatic N) is 4. The summed E-state index contributed by atoms with van der Waals surface area (Å²) in [5, 5.41) is 10.6. The number of rotatable bonds is 1. The van der Waals surface area contributed by atoms with Gasteiger partial charge in [-0.1, -0.05) is 18.2 Å². The van der Waals surface area contributed by atoms with E-state index < -0.39 is 0 Å². The molecule has 0 bridgehead atoms. The average molecular weight is 312 g/mol. The van der Waals surface area contributed by atoms with E-state index in [1.807, 2.05) is 24.3 Å². The van der Waals surface area contributed by atoms with Gasteiger partial charge in [-0.05, 0) is 43.2 Å².